The first-order chi connectivity index (χ1) is 9.20. The first kappa shape index (κ1) is 14.4. The lowest BCUT2D eigenvalue weighted by Gasteiger charge is -2.28. The third kappa shape index (κ3) is 3.98. The number of piperidine rings is 1. The Hall–Kier alpha value is -1.01. The van der Waals surface area contributed by atoms with Crippen molar-refractivity contribution in [1.82, 2.24) is 19.8 Å². The molecule has 0 radical (unpaired) electrons. The summed E-state index contributed by atoms with van der Waals surface area (Å²) in [4.78, 5) is 15.1. The zero-order chi connectivity index (χ0) is 13.7. The van der Waals surface area contributed by atoms with Gasteiger partial charge in [0.15, 0.2) is 0 Å². The van der Waals surface area contributed by atoms with Gasteiger partial charge in [-0.2, -0.15) is 0 Å². The zero-order valence-electron chi connectivity index (χ0n) is 11.7. The SMILES string of the molecule is CCCc1nnsc1C(=O)NCC1CCN(C)CC1. The summed E-state index contributed by atoms with van der Waals surface area (Å²) in [6, 6.07) is 0. The van der Waals surface area contributed by atoms with Crippen LogP contribution in [-0.2, 0) is 6.42 Å². The van der Waals surface area contributed by atoms with Crippen LogP contribution in [0.1, 0.15) is 41.6 Å². The number of nitrogens with zero attached hydrogens (tertiary/aromatic N) is 3. The highest BCUT2D eigenvalue weighted by molar-refractivity contribution is 7.08. The molecule has 0 saturated carbocycles. The van der Waals surface area contributed by atoms with E-state index < -0.39 is 0 Å². The lowest BCUT2D eigenvalue weighted by molar-refractivity contribution is 0.0942. The second kappa shape index (κ2) is 6.96. The molecule has 1 aliphatic rings. The molecular weight excluding hydrogens is 260 g/mol. The highest BCUT2D eigenvalue weighted by atomic mass is 32.1. The molecule has 0 atom stereocenters. The van der Waals surface area contributed by atoms with Crippen molar-refractivity contribution in [1.29, 1.82) is 0 Å². The summed E-state index contributed by atoms with van der Waals surface area (Å²) in [5, 5.41) is 7.07. The first-order valence-electron chi connectivity index (χ1n) is 6.98. The summed E-state index contributed by atoms with van der Waals surface area (Å²) in [7, 11) is 2.15. The number of hydrogen-bond acceptors (Lipinski definition) is 5. The van der Waals surface area contributed by atoms with Crippen LogP contribution in [-0.4, -0.2) is 47.1 Å². The number of nitrogens with one attached hydrogen (secondary N) is 1. The van der Waals surface area contributed by atoms with Gasteiger partial charge in [-0.05, 0) is 56.9 Å². The average Bonchev–Trinajstić information content (AvgIpc) is 2.86. The summed E-state index contributed by atoms with van der Waals surface area (Å²) in [5.41, 5.74) is 0.841. The highest BCUT2D eigenvalue weighted by Crippen LogP contribution is 2.16. The van der Waals surface area contributed by atoms with Crippen molar-refractivity contribution >= 4 is 17.4 Å². The number of aromatic nitrogens is 2. The van der Waals surface area contributed by atoms with Crippen LogP contribution in [0.4, 0.5) is 0 Å². The molecule has 0 aliphatic carbocycles. The molecule has 19 heavy (non-hydrogen) atoms. The van der Waals surface area contributed by atoms with E-state index in [1.54, 1.807) is 0 Å². The number of hydrogen-bond donors (Lipinski definition) is 1. The molecule has 0 unspecified atom stereocenters. The molecule has 5 nitrogen and oxygen atoms in total. The van der Waals surface area contributed by atoms with Crippen molar-refractivity contribution in [2.75, 3.05) is 26.7 Å². The molecule has 1 saturated heterocycles. The van der Waals surface area contributed by atoms with Crippen LogP contribution in [0.5, 0.6) is 0 Å². The van der Waals surface area contributed by atoms with Crippen molar-refractivity contribution < 1.29 is 4.79 Å². The van der Waals surface area contributed by atoms with Crippen LogP contribution in [0.3, 0.4) is 0 Å². The van der Waals surface area contributed by atoms with E-state index in [0.717, 1.165) is 38.2 Å². The average molecular weight is 282 g/mol. The number of aryl methyl sites for hydroxylation is 1. The number of likely N-dealkylation sites (tertiary alicyclic amines) is 1. The molecule has 2 heterocycles. The van der Waals surface area contributed by atoms with E-state index in [1.807, 2.05) is 0 Å². The van der Waals surface area contributed by atoms with E-state index >= 15 is 0 Å². The molecular formula is C13H22N4OS. The van der Waals surface area contributed by atoms with Gasteiger partial charge >= 0.3 is 0 Å². The van der Waals surface area contributed by atoms with E-state index in [1.165, 1.54) is 24.4 Å². The van der Waals surface area contributed by atoms with Gasteiger partial charge in [-0.15, -0.1) is 5.10 Å². The Bertz CT molecular complexity index is 413. The zero-order valence-corrected chi connectivity index (χ0v) is 12.5. The minimum absolute atomic E-state index is 0.00243. The van der Waals surface area contributed by atoms with Crippen molar-refractivity contribution in [2.24, 2.45) is 5.92 Å². The molecule has 1 aliphatic heterocycles. The summed E-state index contributed by atoms with van der Waals surface area (Å²) < 4.78 is 3.89. The van der Waals surface area contributed by atoms with Gasteiger partial charge in [0.25, 0.3) is 5.91 Å². The minimum atomic E-state index is -0.00243. The molecule has 106 valence electrons. The van der Waals surface area contributed by atoms with Crippen LogP contribution >= 0.6 is 11.5 Å². The standard InChI is InChI=1S/C13H22N4OS/c1-3-4-11-12(19-16-15-11)13(18)14-9-10-5-7-17(2)8-6-10/h10H,3-9H2,1-2H3,(H,14,18). The van der Waals surface area contributed by atoms with Gasteiger partial charge < -0.3 is 10.2 Å². The number of carbonyl (C=O) groups is 1. The van der Waals surface area contributed by atoms with Crippen LogP contribution in [0, 0.1) is 5.92 Å². The van der Waals surface area contributed by atoms with Gasteiger partial charge in [0.2, 0.25) is 0 Å². The van der Waals surface area contributed by atoms with Crippen molar-refractivity contribution in [3.05, 3.63) is 10.6 Å². The predicted octanol–water partition coefficient (Wildman–Crippen LogP) is 1.56. The fraction of sp³-hybridized carbons (Fsp3) is 0.769. The Labute approximate surface area is 118 Å². The van der Waals surface area contributed by atoms with E-state index in [2.05, 4.69) is 33.8 Å². The molecule has 1 aromatic heterocycles. The Morgan fingerprint density at radius 2 is 2.21 bits per heavy atom. The largest absolute Gasteiger partial charge is 0.351 e. The maximum absolute atomic E-state index is 12.1. The van der Waals surface area contributed by atoms with Gasteiger partial charge in [0.1, 0.15) is 4.88 Å². The Morgan fingerprint density at radius 3 is 2.89 bits per heavy atom. The molecule has 6 heteroatoms. The summed E-state index contributed by atoms with van der Waals surface area (Å²) in [5.74, 6) is 0.605. The molecule has 0 aromatic carbocycles. The Morgan fingerprint density at radius 1 is 1.47 bits per heavy atom. The van der Waals surface area contributed by atoms with Gasteiger partial charge in [0.05, 0.1) is 5.69 Å². The summed E-state index contributed by atoms with van der Waals surface area (Å²) in [6.45, 7) is 5.11. The number of rotatable bonds is 5. The molecule has 1 amide bonds. The predicted molar refractivity (Wildman–Crippen MR) is 76.5 cm³/mol. The smallest absolute Gasteiger partial charge is 0.264 e. The Balaban J connectivity index is 1.82. The quantitative estimate of drug-likeness (QED) is 0.890. The topological polar surface area (TPSA) is 58.1 Å². The van der Waals surface area contributed by atoms with Gasteiger partial charge in [-0.3, -0.25) is 4.79 Å². The molecule has 2 rings (SSSR count). The third-order valence-corrected chi connectivity index (χ3v) is 4.41. The summed E-state index contributed by atoms with van der Waals surface area (Å²) >= 11 is 1.20. The van der Waals surface area contributed by atoms with Crippen LogP contribution in [0.25, 0.3) is 0 Å². The van der Waals surface area contributed by atoms with Gasteiger partial charge in [-0.1, -0.05) is 17.8 Å². The monoisotopic (exact) mass is 282 g/mol. The molecule has 0 bridgehead atoms. The van der Waals surface area contributed by atoms with E-state index in [0.29, 0.717) is 10.8 Å². The second-order valence-electron chi connectivity index (χ2n) is 5.26. The third-order valence-electron chi connectivity index (χ3n) is 3.64. The van der Waals surface area contributed by atoms with Crippen LogP contribution in [0.15, 0.2) is 0 Å². The van der Waals surface area contributed by atoms with Gasteiger partial charge in [-0.25, -0.2) is 0 Å². The summed E-state index contributed by atoms with van der Waals surface area (Å²) in [6.07, 6.45) is 4.15. The lowest BCUT2D eigenvalue weighted by Crippen LogP contribution is -2.36. The molecule has 1 fully saturated rings. The number of carbonyl (C=O) groups excluding carboxylic acids is 1. The highest BCUT2D eigenvalue weighted by Gasteiger charge is 2.19. The van der Waals surface area contributed by atoms with Crippen molar-refractivity contribution in [3.63, 3.8) is 0 Å². The van der Waals surface area contributed by atoms with Gasteiger partial charge in [0, 0.05) is 6.54 Å². The van der Waals surface area contributed by atoms with E-state index in [4.69, 9.17) is 0 Å². The fourth-order valence-corrected chi connectivity index (χ4v) is 2.99. The normalized spacial score (nSPS) is 17.6. The van der Waals surface area contributed by atoms with E-state index in [-0.39, 0.29) is 5.91 Å². The maximum Gasteiger partial charge on any atom is 0.264 e. The lowest BCUT2D eigenvalue weighted by atomic mass is 9.97. The molecule has 0 spiro atoms. The molecule has 1 N–H and O–H groups in total. The minimum Gasteiger partial charge on any atom is -0.351 e. The maximum atomic E-state index is 12.1. The Kier molecular flexibility index (Phi) is 5.27. The second-order valence-corrected chi connectivity index (χ2v) is 6.01. The van der Waals surface area contributed by atoms with Crippen molar-refractivity contribution in [2.45, 2.75) is 32.6 Å². The van der Waals surface area contributed by atoms with Crippen LogP contribution in [0.2, 0.25) is 0 Å². The van der Waals surface area contributed by atoms with E-state index in [9.17, 15) is 4.79 Å². The molecule has 1 aromatic rings. The fourth-order valence-electron chi connectivity index (χ4n) is 2.36. The van der Waals surface area contributed by atoms with Crippen molar-refractivity contribution in [3.8, 4) is 0 Å². The van der Waals surface area contributed by atoms with Crippen LogP contribution < -0.4 is 5.32 Å². The number of amides is 1. The first-order valence-corrected chi connectivity index (χ1v) is 7.76.